The van der Waals surface area contributed by atoms with Gasteiger partial charge < -0.3 is 4.90 Å². The normalized spacial score (nSPS) is 26.6. The summed E-state index contributed by atoms with van der Waals surface area (Å²) in [5.74, 6) is 0. The van der Waals surface area contributed by atoms with Crippen LogP contribution in [0.25, 0.3) is 0 Å². The molecule has 1 aromatic rings. The molecule has 0 unspecified atom stereocenters. The standard InChI is InChI=1S/C22H37N3/c1-18-6-8-19(9-7-18)23(5)20-10-12-21(13-11-20)24-14-16-25(17-15-24)22(2,3)4/h6-9,20-21H,10-17H2,1-5H3. The van der Waals surface area contributed by atoms with E-state index in [0.717, 1.165) is 6.04 Å². The second-order valence-electron chi connectivity index (χ2n) is 9.10. The summed E-state index contributed by atoms with van der Waals surface area (Å²) in [5, 5.41) is 0. The molecule has 0 N–H and O–H groups in total. The number of benzene rings is 1. The number of piperazine rings is 1. The molecule has 0 bridgehead atoms. The number of rotatable bonds is 3. The average molecular weight is 344 g/mol. The van der Waals surface area contributed by atoms with Crippen LogP contribution < -0.4 is 4.90 Å². The summed E-state index contributed by atoms with van der Waals surface area (Å²) in [6.07, 6.45) is 5.37. The molecule has 3 rings (SSSR count). The van der Waals surface area contributed by atoms with Gasteiger partial charge in [0.1, 0.15) is 0 Å². The topological polar surface area (TPSA) is 9.72 Å². The fraction of sp³-hybridized carbons (Fsp3) is 0.727. The zero-order chi connectivity index (χ0) is 18.0. The van der Waals surface area contributed by atoms with E-state index in [-0.39, 0.29) is 0 Å². The summed E-state index contributed by atoms with van der Waals surface area (Å²) >= 11 is 0. The molecule has 25 heavy (non-hydrogen) atoms. The molecular weight excluding hydrogens is 306 g/mol. The van der Waals surface area contributed by atoms with Crippen molar-refractivity contribution >= 4 is 5.69 Å². The lowest BCUT2D eigenvalue weighted by molar-refractivity contribution is 0.0319. The van der Waals surface area contributed by atoms with E-state index >= 15 is 0 Å². The molecule has 2 fully saturated rings. The van der Waals surface area contributed by atoms with Crippen LogP contribution in [0.4, 0.5) is 5.69 Å². The highest BCUT2D eigenvalue weighted by atomic mass is 15.3. The summed E-state index contributed by atoms with van der Waals surface area (Å²) in [5.41, 5.74) is 3.03. The van der Waals surface area contributed by atoms with Gasteiger partial charge in [0, 0.05) is 56.5 Å². The Morgan fingerprint density at radius 1 is 0.880 bits per heavy atom. The lowest BCUT2D eigenvalue weighted by Crippen LogP contribution is -2.56. The van der Waals surface area contributed by atoms with Crippen molar-refractivity contribution in [2.75, 3.05) is 38.1 Å². The first-order valence-corrected chi connectivity index (χ1v) is 10.1. The number of aryl methyl sites for hydroxylation is 1. The van der Waals surface area contributed by atoms with Crippen molar-refractivity contribution < 1.29 is 0 Å². The van der Waals surface area contributed by atoms with Gasteiger partial charge in [0.2, 0.25) is 0 Å². The van der Waals surface area contributed by atoms with Gasteiger partial charge >= 0.3 is 0 Å². The molecule has 1 aromatic carbocycles. The predicted molar refractivity (Wildman–Crippen MR) is 109 cm³/mol. The van der Waals surface area contributed by atoms with Crippen molar-refractivity contribution in [1.29, 1.82) is 0 Å². The molecule has 2 aliphatic rings. The number of nitrogens with zero attached hydrogens (tertiary/aromatic N) is 3. The molecule has 1 heterocycles. The summed E-state index contributed by atoms with van der Waals surface area (Å²) < 4.78 is 0. The molecule has 0 amide bonds. The molecule has 3 nitrogen and oxygen atoms in total. The van der Waals surface area contributed by atoms with Crippen LogP contribution in [-0.2, 0) is 0 Å². The number of anilines is 1. The molecule has 1 aliphatic carbocycles. The Morgan fingerprint density at radius 2 is 1.44 bits per heavy atom. The lowest BCUT2D eigenvalue weighted by atomic mass is 9.88. The Balaban J connectivity index is 1.48. The second-order valence-corrected chi connectivity index (χ2v) is 9.10. The van der Waals surface area contributed by atoms with Crippen molar-refractivity contribution in [1.82, 2.24) is 9.80 Å². The van der Waals surface area contributed by atoms with E-state index in [1.54, 1.807) is 0 Å². The minimum Gasteiger partial charge on any atom is -0.372 e. The maximum atomic E-state index is 2.77. The fourth-order valence-corrected chi connectivity index (χ4v) is 4.56. The summed E-state index contributed by atoms with van der Waals surface area (Å²) in [6.45, 7) is 14.1. The third-order valence-corrected chi connectivity index (χ3v) is 6.43. The van der Waals surface area contributed by atoms with E-state index < -0.39 is 0 Å². The van der Waals surface area contributed by atoms with Crippen molar-refractivity contribution in [3.8, 4) is 0 Å². The van der Waals surface area contributed by atoms with E-state index in [9.17, 15) is 0 Å². The zero-order valence-electron chi connectivity index (χ0n) is 17.0. The van der Waals surface area contributed by atoms with Crippen molar-refractivity contribution in [3.05, 3.63) is 29.8 Å². The molecule has 140 valence electrons. The second kappa shape index (κ2) is 7.67. The first-order valence-electron chi connectivity index (χ1n) is 10.1. The van der Waals surface area contributed by atoms with Gasteiger partial charge in [-0.25, -0.2) is 0 Å². The predicted octanol–water partition coefficient (Wildman–Crippen LogP) is 4.16. The first-order chi connectivity index (χ1) is 11.8. The van der Waals surface area contributed by atoms with Gasteiger partial charge in [-0.3, -0.25) is 9.80 Å². The van der Waals surface area contributed by atoms with E-state index in [0.29, 0.717) is 11.6 Å². The van der Waals surface area contributed by atoms with E-state index in [1.807, 2.05) is 0 Å². The third kappa shape index (κ3) is 4.57. The van der Waals surface area contributed by atoms with E-state index in [1.165, 1.54) is 63.1 Å². The van der Waals surface area contributed by atoms with Crippen LogP contribution in [0.15, 0.2) is 24.3 Å². The maximum absolute atomic E-state index is 2.77. The quantitative estimate of drug-likeness (QED) is 0.816. The van der Waals surface area contributed by atoms with Crippen LogP contribution in [-0.4, -0.2) is 60.6 Å². The molecule has 1 saturated heterocycles. The lowest BCUT2D eigenvalue weighted by Gasteiger charge is -2.46. The van der Waals surface area contributed by atoms with Crippen LogP contribution in [0.1, 0.15) is 52.0 Å². The first kappa shape index (κ1) is 18.7. The van der Waals surface area contributed by atoms with Gasteiger partial charge in [0.05, 0.1) is 0 Å². The average Bonchev–Trinajstić information content (AvgIpc) is 2.61. The maximum Gasteiger partial charge on any atom is 0.0366 e. The van der Waals surface area contributed by atoms with Gasteiger partial charge in [-0.15, -0.1) is 0 Å². The zero-order valence-corrected chi connectivity index (χ0v) is 17.0. The minimum absolute atomic E-state index is 0.320. The molecule has 0 spiro atoms. The van der Waals surface area contributed by atoms with Gasteiger partial charge in [0.25, 0.3) is 0 Å². The fourth-order valence-electron chi connectivity index (χ4n) is 4.56. The van der Waals surface area contributed by atoms with Crippen LogP contribution >= 0.6 is 0 Å². The van der Waals surface area contributed by atoms with Crippen molar-refractivity contribution in [2.45, 2.75) is 71.0 Å². The van der Waals surface area contributed by atoms with Crippen LogP contribution in [0, 0.1) is 6.92 Å². The van der Waals surface area contributed by atoms with Crippen LogP contribution in [0.3, 0.4) is 0 Å². The molecular formula is C22H37N3. The van der Waals surface area contributed by atoms with Crippen molar-refractivity contribution in [3.63, 3.8) is 0 Å². The molecule has 0 radical (unpaired) electrons. The highest BCUT2D eigenvalue weighted by Crippen LogP contribution is 2.30. The Bertz CT molecular complexity index is 529. The highest BCUT2D eigenvalue weighted by molar-refractivity contribution is 5.47. The molecule has 1 saturated carbocycles. The third-order valence-electron chi connectivity index (χ3n) is 6.43. The van der Waals surface area contributed by atoms with Crippen LogP contribution in [0.2, 0.25) is 0 Å². The summed E-state index contributed by atoms with van der Waals surface area (Å²) in [7, 11) is 2.28. The van der Waals surface area contributed by atoms with Crippen molar-refractivity contribution in [2.24, 2.45) is 0 Å². The SMILES string of the molecule is Cc1ccc(N(C)C2CCC(N3CCN(C(C)(C)C)CC3)CC2)cc1. The van der Waals surface area contributed by atoms with E-state index in [2.05, 4.69) is 73.7 Å². The summed E-state index contributed by atoms with van der Waals surface area (Å²) in [6, 6.07) is 10.5. The Hall–Kier alpha value is -1.06. The Labute approximate surface area is 155 Å². The van der Waals surface area contributed by atoms with Gasteiger partial charge in [-0.2, -0.15) is 0 Å². The Morgan fingerprint density at radius 3 is 1.96 bits per heavy atom. The minimum atomic E-state index is 0.320. The highest BCUT2D eigenvalue weighted by Gasteiger charge is 2.32. The van der Waals surface area contributed by atoms with Gasteiger partial charge in [-0.05, 0) is 65.5 Å². The van der Waals surface area contributed by atoms with Crippen LogP contribution in [0.5, 0.6) is 0 Å². The molecule has 1 aliphatic heterocycles. The summed E-state index contributed by atoms with van der Waals surface area (Å²) in [4.78, 5) is 7.91. The number of hydrogen-bond donors (Lipinski definition) is 0. The van der Waals surface area contributed by atoms with E-state index in [4.69, 9.17) is 0 Å². The largest absolute Gasteiger partial charge is 0.372 e. The molecule has 0 atom stereocenters. The van der Waals surface area contributed by atoms with Gasteiger partial charge in [-0.1, -0.05) is 17.7 Å². The molecule has 0 aromatic heterocycles. The molecule has 3 heteroatoms. The number of hydrogen-bond acceptors (Lipinski definition) is 3. The van der Waals surface area contributed by atoms with Gasteiger partial charge in [0.15, 0.2) is 0 Å². The smallest absolute Gasteiger partial charge is 0.0366 e. The Kier molecular flexibility index (Phi) is 5.75. The monoisotopic (exact) mass is 343 g/mol.